The Hall–Kier alpha value is -3.86. The number of aliphatic hydroxyl groups is 1. The van der Waals surface area contributed by atoms with Crippen molar-refractivity contribution < 1.29 is 19.4 Å². The molecule has 1 unspecified atom stereocenters. The summed E-state index contributed by atoms with van der Waals surface area (Å²) in [5.41, 5.74) is 4.90. The molecule has 186 valence electrons. The molecule has 1 atom stereocenters. The van der Waals surface area contributed by atoms with Gasteiger partial charge in [0.1, 0.15) is 11.5 Å². The summed E-state index contributed by atoms with van der Waals surface area (Å²) in [5, 5.41) is 11.4. The fourth-order valence-corrected chi connectivity index (χ4v) is 4.61. The fourth-order valence-electron chi connectivity index (χ4n) is 4.61. The van der Waals surface area contributed by atoms with E-state index in [0.29, 0.717) is 22.9 Å². The fraction of sp³-hybridized carbons (Fsp3) is 0.290. The molecule has 0 saturated carbocycles. The van der Waals surface area contributed by atoms with E-state index >= 15 is 0 Å². The van der Waals surface area contributed by atoms with Gasteiger partial charge in [-0.2, -0.15) is 0 Å². The highest BCUT2D eigenvalue weighted by atomic mass is 16.5. The van der Waals surface area contributed by atoms with Gasteiger partial charge in [0.25, 0.3) is 11.7 Å². The Kier molecular flexibility index (Phi) is 7.02. The maximum Gasteiger partial charge on any atom is 0.300 e. The van der Waals surface area contributed by atoms with Gasteiger partial charge in [-0.05, 0) is 80.6 Å². The highest BCUT2D eigenvalue weighted by molar-refractivity contribution is 6.51. The Labute approximate surface area is 213 Å². The molecule has 1 fully saturated rings. The van der Waals surface area contributed by atoms with E-state index in [4.69, 9.17) is 4.74 Å². The number of amides is 1. The van der Waals surface area contributed by atoms with Crippen molar-refractivity contribution >= 4 is 23.1 Å². The maximum atomic E-state index is 13.4. The average Bonchev–Trinajstić information content (AvgIpc) is 3.10. The molecular formula is C31H33NO4. The number of rotatable bonds is 6. The Morgan fingerprint density at radius 1 is 0.917 bits per heavy atom. The van der Waals surface area contributed by atoms with Gasteiger partial charge in [0.05, 0.1) is 17.7 Å². The minimum atomic E-state index is -0.748. The van der Waals surface area contributed by atoms with Crippen LogP contribution in [0.15, 0.2) is 72.3 Å². The lowest BCUT2D eigenvalue weighted by atomic mass is 9.93. The van der Waals surface area contributed by atoms with Crippen molar-refractivity contribution in [2.24, 2.45) is 0 Å². The van der Waals surface area contributed by atoms with E-state index in [2.05, 4.69) is 13.8 Å². The molecule has 1 N–H and O–H groups in total. The van der Waals surface area contributed by atoms with Crippen molar-refractivity contribution in [1.82, 2.24) is 0 Å². The molecule has 1 aliphatic rings. The van der Waals surface area contributed by atoms with Crippen molar-refractivity contribution in [3.63, 3.8) is 0 Å². The Bertz CT molecular complexity index is 1330. The second-order valence-corrected chi connectivity index (χ2v) is 9.98. The summed E-state index contributed by atoms with van der Waals surface area (Å²) in [6.45, 7) is 12.0. The third kappa shape index (κ3) is 4.78. The van der Waals surface area contributed by atoms with Gasteiger partial charge in [-0.1, -0.05) is 55.8 Å². The highest BCUT2D eigenvalue weighted by Crippen LogP contribution is 2.43. The van der Waals surface area contributed by atoms with Crippen molar-refractivity contribution in [1.29, 1.82) is 0 Å². The number of aliphatic hydroxyl groups excluding tert-OH is 1. The second-order valence-electron chi connectivity index (χ2n) is 9.98. The zero-order valence-electron chi connectivity index (χ0n) is 21.7. The predicted octanol–water partition coefficient (Wildman–Crippen LogP) is 6.84. The van der Waals surface area contributed by atoms with Crippen molar-refractivity contribution in [2.75, 3.05) is 4.90 Å². The smallest absolute Gasteiger partial charge is 0.300 e. The first kappa shape index (κ1) is 25.2. The van der Waals surface area contributed by atoms with Crippen LogP contribution in [0.1, 0.15) is 67.5 Å². The van der Waals surface area contributed by atoms with E-state index in [0.717, 1.165) is 22.3 Å². The van der Waals surface area contributed by atoms with E-state index in [9.17, 15) is 14.7 Å². The lowest BCUT2D eigenvalue weighted by molar-refractivity contribution is -0.132. The monoisotopic (exact) mass is 483 g/mol. The van der Waals surface area contributed by atoms with Crippen LogP contribution in [0.4, 0.5) is 5.69 Å². The van der Waals surface area contributed by atoms with Crippen LogP contribution in [-0.2, 0) is 9.59 Å². The summed E-state index contributed by atoms with van der Waals surface area (Å²) in [5.74, 6) is -0.500. The first-order valence-corrected chi connectivity index (χ1v) is 12.3. The lowest BCUT2D eigenvalue weighted by Gasteiger charge is -2.26. The number of hydrogen-bond acceptors (Lipinski definition) is 4. The van der Waals surface area contributed by atoms with Gasteiger partial charge in [-0.15, -0.1) is 0 Å². The van der Waals surface area contributed by atoms with Gasteiger partial charge in [0, 0.05) is 11.3 Å². The number of carbonyl (C=O) groups excluding carboxylic acids is 2. The van der Waals surface area contributed by atoms with Crippen LogP contribution in [0, 0.1) is 13.8 Å². The zero-order valence-corrected chi connectivity index (χ0v) is 21.7. The van der Waals surface area contributed by atoms with Crippen LogP contribution in [0.5, 0.6) is 5.75 Å². The summed E-state index contributed by atoms with van der Waals surface area (Å²) in [6, 6.07) is 19.9. The number of benzene rings is 3. The molecule has 0 spiro atoms. The minimum Gasteiger partial charge on any atom is -0.507 e. The van der Waals surface area contributed by atoms with Crippen molar-refractivity contribution in [3.05, 3.63) is 100 Å². The van der Waals surface area contributed by atoms with E-state index in [-0.39, 0.29) is 17.4 Å². The predicted molar refractivity (Wildman–Crippen MR) is 143 cm³/mol. The number of carbonyl (C=O) groups is 2. The molecule has 3 aromatic rings. The van der Waals surface area contributed by atoms with Crippen LogP contribution >= 0.6 is 0 Å². The van der Waals surface area contributed by atoms with Gasteiger partial charge in [-0.3, -0.25) is 14.5 Å². The largest absolute Gasteiger partial charge is 0.507 e. The molecule has 5 heteroatoms. The normalized spacial score (nSPS) is 17.3. The third-order valence-electron chi connectivity index (χ3n) is 6.45. The number of Topliss-reactive ketones (excluding diaryl/α,β-unsaturated/α-hetero) is 1. The zero-order chi connectivity index (χ0) is 26.1. The third-order valence-corrected chi connectivity index (χ3v) is 6.45. The molecule has 0 bridgehead atoms. The van der Waals surface area contributed by atoms with Gasteiger partial charge >= 0.3 is 0 Å². The standard InChI is InChI=1S/C31H33NO4/c1-18(2)22-10-13-25(14-11-22)32-28(23-9-7-8-20(5)16-23)27(30(34)31(32)35)29(33)24-12-15-26(21(6)17-24)36-19(3)4/h7-19,28,33H,1-6H3/b29-27-. The summed E-state index contributed by atoms with van der Waals surface area (Å²) in [6.07, 6.45) is 0.0110. The number of aryl methyl sites for hydroxylation is 2. The van der Waals surface area contributed by atoms with Crippen LogP contribution in [0.3, 0.4) is 0 Å². The SMILES string of the molecule is Cc1cccc(C2/C(=C(/O)c3ccc(OC(C)C)c(C)c3)C(=O)C(=O)N2c2ccc(C(C)C)cc2)c1. The molecule has 1 heterocycles. The number of anilines is 1. The first-order chi connectivity index (χ1) is 17.1. The maximum absolute atomic E-state index is 13.4. The molecule has 1 saturated heterocycles. The number of ether oxygens (including phenoxy) is 1. The molecule has 36 heavy (non-hydrogen) atoms. The average molecular weight is 484 g/mol. The topological polar surface area (TPSA) is 66.8 Å². The summed E-state index contributed by atoms with van der Waals surface area (Å²) < 4.78 is 5.82. The highest BCUT2D eigenvalue weighted by Gasteiger charge is 2.47. The Balaban J connectivity index is 1.88. The van der Waals surface area contributed by atoms with Crippen LogP contribution in [-0.4, -0.2) is 22.9 Å². The van der Waals surface area contributed by atoms with Crippen molar-refractivity contribution in [2.45, 2.75) is 59.6 Å². The number of hydrogen-bond donors (Lipinski definition) is 1. The molecule has 1 aliphatic heterocycles. The summed E-state index contributed by atoms with van der Waals surface area (Å²) in [7, 11) is 0. The van der Waals surface area contributed by atoms with Crippen LogP contribution in [0.25, 0.3) is 5.76 Å². The van der Waals surface area contributed by atoms with Crippen molar-refractivity contribution in [3.8, 4) is 5.75 Å². The van der Waals surface area contributed by atoms with Gasteiger partial charge in [-0.25, -0.2) is 0 Å². The molecule has 0 aliphatic carbocycles. The molecule has 4 rings (SSSR count). The van der Waals surface area contributed by atoms with Gasteiger partial charge < -0.3 is 9.84 Å². The molecule has 1 amide bonds. The lowest BCUT2D eigenvalue weighted by Crippen LogP contribution is -2.29. The summed E-state index contributed by atoms with van der Waals surface area (Å²) in [4.78, 5) is 28.3. The van der Waals surface area contributed by atoms with E-state index < -0.39 is 17.7 Å². The molecule has 0 radical (unpaired) electrons. The van der Waals surface area contributed by atoms with Gasteiger partial charge in [0.15, 0.2) is 0 Å². The Morgan fingerprint density at radius 2 is 1.61 bits per heavy atom. The van der Waals surface area contributed by atoms with E-state index in [1.54, 1.807) is 18.2 Å². The second kappa shape index (κ2) is 10.0. The Morgan fingerprint density at radius 3 is 2.19 bits per heavy atom. The number of ketones is 1. The molecular weight excluding hydrogens is 450 g/mol. The van der Waals surface area contributed by atoms with E-state index in [1.807, 2.05) is 76.2 Å². The summed E-state index contributed by atoms with van der Waals surface area (Å²) >= 11 is 0. The van der Waals surface area contributed by atoms with Crippen LogP contribution in [0.2, 0.25) is 0 Å². The van der Waals surface area contributed by atoms with Gasteiger partial charge in [0.2, 0.25) is 0 Å². The quantitative estimate of drug-likeness (QED) is 0.237. The molecule has 5 nitrogen and oxygen atoms in total. The minimum absolute atomic E-state index is 0.0110. The number of nitrogens with zero attached hydrogens (tertiary/aromatic N) is 1. The van der Waals surface area contributed by atoms with E-state index in [1.165, 1.54) is 4.90 Å². The molecule has 3 aromatic carbocycles. The first-order valence-electron chi connectivity index (χ1n) is 12.3. The van der Waals surface area contributed by atoms with Crippen LogP contribution < -0.4 is 9.64 Å². The molecule has 0 aromatic heterocycles.